The van der Waals surface area contributed by atoms with Gasteiger partial charge in [-0.25, -0.2) is 9.97 Å². The fourth-order valence-corrected chi connectivity index (χ4v) is 3.73. The summed E-state index contributed by atoms with van der Waals surface area (Å²) in [6.45, 7) is 8.51. The molecule has 2 aromatic carbocycles. The van der Waals surface area contributed by atoms with E-state index in [9.17, 15) is 0 Å². The molecule has 1 fully saturated rings. The molecule has 1 aliphatic heterocycles. The second-order valence-electron chi connectivity index (χ2n) is 7.20. The van der Waals surface area contributed by atoms with Crippen molar-refractivity contribution in [1.29, 1.82) is 0 Å². The highest BCUT2D eigenvalue weighted by molar-refractivity contribution is 5.89. The van der Waals surface area contributed by atoms with Crippen molar-refractivity contribution >= 4 is 16.7 Å². The smallest absolute Gasteiger partial charge is 0.137 e. The third-order valence-corrected chi connectivity index (χ3v) is 5.17. The summed E-state index contributed by atoms with van der Waals surface area (Å²) in [6.07, 6.45) is 1.64. The standard InChI is InChI=1S/C22H26N4O/c1-16-4-3-5-18(12-16)21(26-8-10-27-11-9-26)14-23-22-19-13-17(2)6-7-20(19)24-15-25-22/h3-7,12-13,15,21H,8-11,14H2,1-2H3,(H,23,24,25). The molecule has 4 rings (SSSR count). The number of aromatic nitrogens is 2. The summed E-state index contributed by atoms with van der Waals surface area (Å²) < 4.78 is 5.56. The molecular weight excluding hydrogens is 336 g/mol. The molecule has 5 nitrogen and oxygen atoms in total. The molecule has 0 saturated carbocycles. The molecule has 3 aromatic rings. The molecular formula is C22H26N4O. The van der Waals surface area contributed by atoms with E-state index < -0.39 is 0 Å². The summed E-state index contributed by atoms with van der Waals surface area (Å²) in [5.41, 5.74) is 4.80. The van der Waals surface area contributed by atoms with Crippen LogP contribution in [0, 0.1) is 13.8 Å². The highest BCUT2D eigenvalue weighted by Gasteiger charge is 2.23. The van der Waals surface area contributed by atoms with Crippen LogP contribution in [-0.2, 0) is 4.74 Å². The minimum atomic E-state index is 0.281. The number of morpholine rings is 1. The van der Waals surface area contributed by atoms with Crippen molar-refractivity contribution in [3.8, 4) is 0 Å². The van der Waals surface area contributed by atoms with E-state index in [2.05, 4.69) is 76.5 Å². The Labute approximate surface area is 160 Å². The van der Waals surface area contributed by atoms with Crippen LogP contribution in [0.25, 0.3) is 10.9 Å². The van der Waals surface area contributed by atoms with E-state index in [1.54, 1.807) is 6.33 Å². The van der Waals surface area contributed by atoms with Gasteiger partial charge >= 0.3 is 0 Å². The van der Waals surface area contributed by atoms with Gasteiger partial charge in [-0.3, -0.25) is 4.90 Å². The number of anilines is 1. The van der Waals surface area contributed by atoms with Gasteiger partial charge in [0, 0.05) is 25.0 Å². The van der Waals surface area contributed by atoms with Gasteiger partial charge in [-0.15, -0.1) is 0 Å². The Morgan fingerprint density at radius 1 is 1.04 bits per heavy atom. The first kappa shape index (κ1) is 17.9. The third-order valence-electron chi connectivity index (χ3n) is 5.17. The van der Waals surface area contributed by atoms with Gasteiger partial charge in [-0.2, -0.15) is 0 Å². The van der Waals surface area contributed by atoms with E-state index in [0.29, 0.717) is 0 Å². The van der Waals surface area contributed by atoms with Crippen LogP contribution in [0.5, 0.6) is 0 Å². The van der Waals surface area contributed by atoms with E-state index in [0.717, 1.165) is 49.6 Å². The van der Waals surface area contributed by atoms with Crippen molar-refractivity contribution in [2.24, 2.45) is 0 Å². The first-order valence-corrected chi connectivity index (χ1v) is 9.54. The lowest BCUT2D eigenvalue weighted by Crippen LogP contribution is -2.41. The number of aryl methyl sites for hydroxylation is 2. The molecule has 1 unspecified atom stereocenters. The van der Waals surface area contributed by atoms with E-state index in [1.165, 1.54) is 16.7 Å². The highest BCUT2D eigenvalue weighted by Crippen LogP contribution is 2.25. The maximum atomic E-state index is 5.56. The summed E-state index contributed by atoms with van der Waals surface area (Å²) in [6, 6.07) is 15.4. The molecule has 1 aliphatic rings. The SMILES string of the molecule is Cc1cccc(C(CNc2ncnc3ccc(C)cc23)N2CCOCC2)c1. The molecule has 140 valence electrons. The third kappa shape index (κ3) is 4.10. The second kappa shape index (κ2) is 8.03. The van der Waals surface area contributed by atoms with Gasteiger partial charge in [0.15, 0.2) is 0 Å². The number of nitrogens with one attached hydrogen (secondary N) is 1. The Hall–Kier alpha value is -2.50. The van der Waals surface area contributed by atoms with Gasteiger partial charge in [0.1, 0.15) is 12.1 Å². The molecule has 1 saturated heterocycles. The molecule has 0 spiro atoms. The Morgan fingerprint density at radius 2 is 1.85 bits per heavy atom. The first-order valence-electron chi connectivity index (χ1n) is 9.54. The molecule has 1 atom stereocenters. The highest BCUT2D eigenvalue weighted by atomic mass is 16.5. The van der Waals surface area contributed by atoms with E-state index in [1.807, 2.05) is 0 Å². The van der Waals surface area contributed by atoms with Crippen molar-refractivity contribution in [2.45, 2.75) is 19.9 Å². The van der Waals surface area contributed by atoms with Crippen molar-refractivity contribution < 1.29 is 4.74 Å². The average molecular weight is 362 g/mol. The lowest BCUT2D eigenvalue weighted by Gasteiger charge is -2.35. The number of fused-ring (bicyclic) bond motifs is 1. The van der Waals surface area contributed by atoms with Crippen LogP contribution < -0.4 is 5.32 Å². The number of hydrogen-bond donors (Lipinski definition) is 1. The quantitative estimate of drug-likeness (QED) is 0.749. The number of rotatable bonds is 5. The fourth-order valence-electron chi connectivity index (χ4n) is 3.73. The van der Waals surface area contributed by atoms with E-state index in [-0.39, 0.29) is 6.04 Å². The summed E-state index contributed by atoms with van der Waals surface area (Å²) in [5.74, 6) is 0.898. The van der Waals surface area contributed by atoms with Crippen molar-refractivity contribution in [3.63, 3.8) is 0 Å². The fraction of sp³-hybridized carbons (Fsp3) is 0.364. The van der Waals surface area contributed by atoms with Gasteiger partial charge in [-0.1, -0.05) is 41.5 Å². The molecule has 0 radical (unpaired) electrons. The van der Waals surface area contributed by atoms with Crippen molar-refractivity contribution in [2.75, 3.05) is 38.2 Å². The Balaban J connectivity index is 1.61. The van der Waals surface area contributed by atoms with Crippen molar-refractivity contribution in [1.82, 2.24) is 14.9 Å². The molecule has 5 heteroatoms. The van der Waals surface area contributed by atoms with Gasteiger partial charge in [0.25, 0.3) is 0 Å². The largest absolute Gasteiger partial charge is 0.379 e. The van der Waals surface area contributed by atoms with Crippen molar-refractivity contribution in [3.05, 3.63) is 65.5 Å². The van der Waals surface area contributed by atoms with Gasteiger partial charge in [0.05, 0.1) is 24.8 Å². The molecule has 0 aliphatic carbocycles. The number of hydrogen-bond acceptors (Lipinski definition) is 5. The minimum absolute atomic E-state index is 0.281. The zero-order chi connectivity index (χ0) is 18.6. The van der Waals surface area contributed by atoms with Crippen LogP contribution in [0.15, 0.2) is 48.8 Å². The zero-order valence-electron chi connectivity index (χ0n) is 16.0. The van der Waals surface area contributed by atoms with Crippen LogP contribution in [0.2, 0.25) is 0 Å². The monoisotopic (exact) mass is 362 g/mol. The van der Waals surface area contributed by atoms with Gasteiger partial charge in [-0.05, 0) is 31.5 Å². The molecule has 27 heavy (non-hydrogen) atoms. The maximum Gasteiger partial charge on any atom is 0.137 e. The number of ether oxygens (including phenoxy) is 1. The Kier molecular flexibility index (Phi) is 5.32. The molecule has 1 aromatic heterocycles. The topological polar surface area (TPSA) is 50.3 Å². The molecule has 0 amide bonds. The van der Waals surface area contributed by atoms with E-state index >= 15 is 0 Å². The molecule has 2 heterocycles. The zero-order valence-corrected chi connectivity index (χ0v) is 16.0. The lowest BCUT2D eigenvalue weighted by molar-refractivity contribution is 0.0187. The first-order chi connectivity index (χ1) is 13.2. The maximum absolute atomic E-state index is 5.56. The Morgan fingerprint density at radius 3 is 2.67 bits per heavy atom. The number of nitrogens with zero attached hydrogens (tertiary/aromatic N) is 3. The predicted molar refractivity (Wildman–Crippen MR) is 109 cm³/mol. The predicted octanol–water partition coefficient (Wildman–Crippen LogP) is 3.73. The van der Waals surface area contributed by atoms with Gasteiger partial charge in [0.2, 0.25) is 0 Å². The normalized spacial score (nSPS) is 16.4. The molecule has 0 bridgehead atoms. The van der Waals surface area contributed by atoms with Crippen LogP contribution in [-0.4, -0.2) is 47.7 Å². The summed E-state index contributed by atoms with van der Waals surface area (Å²) in [7, 11) is 0. The van der Waals surface area contributed by atoms with Gasteiger partial charge < -0.3 is 10.1 Å². The average Bonchev–Trinajstić information content (AvgIpc) is 2.69. The van der Waals surface area contributed by atoms with E-state index in [4.69, 9.17) is 4.74 Å². The van der Waals surface area contributed by atoms with Crippen LogP contribution in [0.4, 0.5) is 5.82 Å². The number of benzene rings is 2. The molecule has 1 N–H and O–H groups in total. The summed E-state index contributed by atoms with van der Waals surface area (Å²) in [4.78, 5) is 11.4. The minimum Gasteiger partial charge on any atom is -0.379 e. The summed E-state index contributed by atoms with van der Waals surface area (Å²) in [5, 5.41) is 4.67. The van der Waals surface area contributed by atoms with Crippen LogP contribution >= 0.6 is 0 Å². The summed E-state index contributed by atoms with van der Waals surface area (Å²) >= 11 is 0. The Bertz CT molecular complexity index is 921. The second-order valence-corrected chi connectivity index (χ2v) is 7.20. The lowest BCUT2D eigenvalue weighted by atomic mass is 10.0. The van der Waals surface area contributed by atoms with Crippen LogP contribution in [0.1, 0.15) is 22.7 Å². The van der Waals surface area contributed by atoms with Crippen LogP contribution in [0.3, 0.4) is 0 Å².